The SMILES string of the molecule is N#Cc1ccc(-c2ccc3ncc(OCC4CCNCC4)nc3c2)cc1F. The molecule has 0 amide bonds. The molecule has 1 aliphatic heterocycles. The van der Waals surface area contributed by atoms with E-state index in [-0.39, 0.29) is 5.56 Å². The Morgan fingerprint density at radius 3 is 2.67 bits per heavy atom. The fraction of sp³-hybridized carbons (Fsp3) is 0.286. The number of aromatic nitrogens is 2. The number of nitriles is 1. The van der Waals surface area contributed by atoms with Crippen LogP contribution in [-0.4, -0.2) is 29.7 Å². The van der Waals surface area contributed by atoms with Crippen molar-refractivity contribution in [2.45, 2.75) is 12.8 Å². The lowest BCUT2D eigenvalue weighted by Crippen LogP contribution is -2.30. The predicted octanol–water partition coefficient (Wildman–Crippen LogP) is 3.69. The molecule has 2 heterocycles. The summed E-state index contributed by atoms with van der Waals surface area (Å²) in [5.41, 5.74) is 2.99. The molecule has 0 bridgehead atoms. The van der Waals surface area contributed by atoms with Crippen LogP contribution in [0, 0.1) is 23.1 Å². The molecule has 5 nitrogen and oxygen atoms in total. The van der Waals surface area contributed by atoms with Crippen LogP contribution in [0.2, 0.25) is 0 Å². The molecule has 1 aliphatic rings. The van der Waals surface area contributed by atoms with E-state index in [9.17, 15) is 4.39 Å². The van der Waals surface area contributed by atoms with E-state index < -0.39 is 5.82 Å². The molecule has 3 aromatic rings. The molecule has 136 valence electrons. The van der Waals surface area contributed by atoms with Crippen LogP contribution in [0.3, 0.4) is 0 Å². The van der Waals surface area contributed by atoms with E-state index in [1.54, 1.807) is 12.3 Å². The second-order valence-corrected chi connectivity index (χ2v) is 6.72. The number of rotatable bonds is 4. The molecule has 0 spiro atoms. The van der Waals surface area contributed by atoms with Crippen LogP contribution in [-0.2, 0) is 0 Å². The summed E-state index contributed by atoms with van der Waals surface area (Å²) in [5.74, 6) is 0.515. The summed E-state index contributed by atoms with van der Waals surface area (Å²) < 4.78 is 19.8. The molecule has 1 aromatic heterocycles. The Morgan fingerprint density at radius 2 is 1.89 bits per heavy atom. The van der Waals surface area contributed by atoms with Crippen molar-refractivity contribution in [1.29, 1.82) is 5.26 Å². The van der Waals surface area contributed by atoms with E-state index in [1.165, 1.54) is 12.1 Å². The Balaban J connectivity index is 1.57. The smallest absolute Gasteiger partial charge is 0.232 e. The van der Waals surface area contributed by atoms with Gasteiger partial charge in [-0.2, -0.15) is 5.26 Å². The average molecular weight is 362 g/mol. The third-order valence-electron chi connectivity index (χ3n) is 4.87. The summed E-state index contributed by atoms with van der Waals surface area (Å²) >= 11 is 0. The molecule has 0 aliphatic carbocycles. The van der Waals surface area contributed by atoms with Crippen LogP contribution in [0.4, 0.5) is 4.39 Å². The zero-order valence-corrected chi connectivity index (χ0v) is 14.8. The van der Waals surface area contributed by atoms with Crippen molar-refractivity contribution >= 4 is 11.0 Å². The third kappa shape index (κ3) is 3.88. The molecule has 1 fully saturated rings. The molecular formula is C21H19FN4O. The molecule has 2 aromatic carbocycles. The lowest BCUT2D eigenvalue weighted by atomic mass is 9.99. The minimum atomic E-state index is -0.528. The highest BCUT2D eigenvalue weighted by Gasteiger charge is 2.14. The first kappa shape index (κ1) is 17.4. The summed E-state index contributed by atoms with van der Waals surface area (Å²) in [7, 11) is 0. The lowest BCUT2D eigenvalue weighted by molar-refractivity contribution is 0.209. The van der Waals surface area contributed by atoms with Gasteiger partial charge < -0.3 is 10.1 Å². The maximum absolute atomic E-state index is 13.9. The first-order valence-electron chi connectivity index (χ1n) is 9.03. The van der Waals surface area contributed by atoms with Crippen LogP contribution in [0.1, 0.15) is 18.4 Å². The van der Waals surface area contributed by atoms with Crippen molar-refractivity contribution in [3.63, 3.8) is 0 Å². The zero-order chi connectivity index (χ0) is 18.6. The number of piperidine rings is 1. The zero-order valence-electron chi connectivity index (χ0n) is 14.8. The second-order valence-electron chi connectivity index (χ2n) is 6.72. The summed E-state index contributed by atoms with van der Waals surface area (Å²) in [6.45, 7) is 2.70. The average Bonchev–Trinajstić information content (AvgIpc) is 2.72. The van der Waals surface area contributed by atoms with Crippen LogP contribution in [0.15, 0.2) is 42.6 Å². The monoisotopic (exact) mass is 362 g/mol. The molecular weight excluding hydrogens is 343 g/mol. The number of ether oxygens (including phenoxy) is 1. The molecule has 6 heteroatoms. The molecule has 0 radical (unpaired) electrons. The van der Waals surface area contributed by atoms with Gasteiger partial charge in [0.05, 0.1) is 29.4 Å². The van der Waals surface area contributed by atoms with Crippen LogP contribution < -0.4 is 10.1 Å². The van der Waals surface area contributed by atoms with E-state index in [0.29, 0.717) is 29.5 Å². The van der Waals surface area contributed by atoms with E-state index in [1.807, 2.05) is 24.3 Å². The molecule has 0 unspecified atom stereocenters. The molecule has 1 N–H and O–H groups in total. The number of hydrogen-bond donors (Lipinski definition) is 1. The maximum Gasteiger partial charge on any atom is 0.232 e. The maximum atomic E-state index is 13.9. The summed E-state index contributed by atoms with van der Waals surface area (Å²) in [6, 6.07) is 12.0. The van der Waals surface area contributed by atoms with Gasteiger partial charge in [0.15, 0.2) is 0 Å². The summed E-state index contributed by atoms with van der Waals surface area (Å²) in [5, 5.41) is 12.2. The summed E-state index contributed by atoms with van der Waals surface area (Å²) in [6.07, 6.45) is 3.86. The van der Waals surface area contributed by atoms with Crippen molar-refractivity contribution in [3.8, 4) is 23.1 Å². The van der Waals surface area contributed by atoms with E-state index in [0.717, 1.165) is 37.0 Å². The van der Waals surface area contributed by atoms with Crippen molar-refractivity contribution in [2.75, 3.05) is 19.7 Å². The minimum Gasteiger partial charge on any atom is -0.476 e. The Labute approximate surface area is 156 Å². The molecule has 1 saturated heterocycles. The molecule has 27 heavy (non-hydrogen) atoms. The van der Waals surface area contributed by atoms with Crippen LogP contribution in [0.5, 0.6) is 5.88 Å². The van der Waals surface area contributed by atoms with Gasteiger partial charge in [-0.1, -0.05) is 12.1 Å². The van der Waals surface area contributed by atoms with E-state index in [4.69, 9.17) is 10.00 Å². The number of nitrogens with zero attached hydrogens (tertiary/aromatic N) is 3. The van der Waals surface area contributed by atoms with Gasteiger partial charge in [-0.15, -0.1) is 0 Å². The fourth-order valence-electron chi connectivity index (χ4n) is 3.28. The number of nitrogens with one attached hydrogen (secondary N) is 1. The quantitative estimate of drug-likeness (QED) is 0.766. The Hall–Kier alpha value is -3.04. The fourth-order valence-corrected chi connectivity index (χ4v) is 3.28. The van der Waals surface area contributed by atoms with Crippen LogP contribution in [0.25, 0.3) is 22.2 Å². The first-order valence-corrected chi connectivity index (χ1v) is 9.03. The minimum absolute atomic E-state index is 0.0351. The van der Waals surface area contributed by atoms with Crippen molar-refractivity contribution in [2.24, 2.45) is 5.92 Å². The number of halogens is 1. The highest BCUT2D eigenvalue weighted by Crippen LogP contribution is 2.25. The van der Waals surface area contributed by atoms with Crippen LogP contribution >= 0.6 is 0 Å². The Kier molecular flexibility index (Phi) is 4.95. The van der Waals surface area contributed by atoms with E-state index >= 15 is 0 Å². The number of fused-ring (bicyclic) bond motifs is 1. The van der Waals surface area contributed by atoms with Gasteiger partial charge in [0, 0.05) is 0 Å². The van der Waals surface area contributed by atoms with Gasteiger partial charge in [-0.3, -0.25) is 0 Å². The van der Waals surface area contributed by atoms with Crippen molar-refractivity contribution < 1.29 is 9.13 Å². The van der Waals surface area contributed by atoms with Gasteiger partial charge in [-0.25, -0.2) is 14.4 Å². The largest absolute Gasteiger partial charge is 0.476 e. The van der Waals surface area contributed by atoms with E-state index in [2.05, 4.69) is 15.3 Å². The Bertz CT molecular complexity index is 1010. The standard InChI is InChI=1S/C21H19FN4O/c22-18-9-15(1-2-17(18)11-23)16-3-4-19-20(10-16)26-21(12-25-19)27-13-14-5-7-24-8-6-14/h1-4,9-10,12,14,24H,5-8,13H2. The predicted molar refractivity (Wildman–Crippen MR) is 101 cm³/mol. The normalized spacial score (nSPS) is 14.8. The van der Waals surface area contributed by atoms with Gasteiger partial charge >= 0.3 is 0 Å². The van der Waals surface area contributed by atoms with Gasteiger partial charge in [0.25, 0.3) is 0 Å². The molecule has 0 saturated carbocycles. The van der Waals surface area contributed by atoms with Gasteiger partial charge in [-0.05, 0) is 67.2 Å². The van der Waals surface area contributed by atoms with Crippen molar-refractivity contribution in [1.82, 2.24) is 15.3 Å². The topological polar surface area (TPSA) is 70.8 Å². The lowest BCUT2D eigenvalue weighted by Gasteiger charge is -2.22. The second kappa shape index (κ2) is 7.68. The molecule has 0 atom stereocenters. The molecule has 4 rings (SSSR count). The van der Waals surface area contributed by atoms with Crippen molar-refractivity contribution in [3.05, 3.63) is 54.0 Å². The highest BCUT2D eigenvalue weighted by atomic mass is 19.1. The summed E-state index contributed by atoms with van der Waals surface area (Å²) in [4.78, 5) is 8.96. The highest BCUT2D eigenvalue weighted by molar-refractivity contribution is 5.81. The van der Waals surface area contributed by atoms with Gasteiger partial charge in [0.1, 0.15) is 11.9 Å². The first-order chi connectivity index (χ1) is 13.2. The van der Waals surface area contributed by atoms with Gasteiger partial charge in [0.2, 0.25) is 5.88 Å². The number of hydrogen-bond acceptors (Lipinski definition) is 5. The number of benzene rings is 2. The third-order valence-corrected chi connectivity index (χ3v) is 4.87. The Morgan fingerprint density at radius 1 is 1.11 bits per heavy atom.